The Bertz CT molecular complexity index is 1010. The Morgan fingerprint density at radius 2 is 1.79 bits per heavy atom. The van der Waals surface area contributed by atoms with Gasteiger partial charge in [0, 0.05) is 10.6 Å². The van der Waals surface area contributed by atoms with Crippen LogP contribution in [-0.2, 0) is 12.8 Å². The minimum atomic E-state index is 0.117. The predicted molar refractivity (Wildman–Crippen MR) is 126 cm³/mol. The molecule has 0 saturated carbocycles. The fraction of sp³-hybridized carbons (Fsp3) is 0.500. The summed E-state index contributed by atoms with van der Waals surface area (Å²) in [6.45, 7) is 2.25. The number of hydrogen-bond donors (Lipinski definition) is 0. The van der Waals surface area contributed by atoms with Crippen LogP contribution in [0, 0.1) is 0 Å². The number of benzene rings is 1. The van der Waals surface area contributed by atoms with Crippen molar-refractivity contribution in [3.63, 3.8) is 0 Å². The van der Waals surface area contributed by atoms with Gasteiger partial charge in [0.05, 0.1) is 11.1 Å². The quantitative estimate of drug-likeness (QED) is 0.215. The first-order chi connectivity index (χ1) is 14.3. The lowest BCUT2D eigenvalue weighted by atomic mass is 9.97. The molecule has 3 aromatic rings. The number of thioether (sulfide) groups is 1. The van der Waals surface area contributed by atoms with Gasteiger partial charge in [-0.2, -0.15) is 0 Å². The van der Waals surface area contributed by atoms with Crippen LogP contribution in [0.3, 0.4) is 0 Å². The molecule has 154 valence electrons. The summed E-state index contributed by atoms with van der Waals surface area (Å²) in [5.41, 5.74) is 2.31. The zero-order valence-electron chi connectivity index (χ0n) is 17.3. The van der Waals surface area contributed by atoms with Crippen LogP contribution in [0.4, 0.5) is 0 Å². The summed E-state index contributed by atoms with van der Waals surface area (Å²) < 4.78 is 1.85. The first kappa shape index (κ1) is 20.7. The molecule has 0 N–H and O–H groups in total. The highest BCUT2D eigenvalue weighted by Gasteiger charge is 2.22. The van der Waals surface area contributed by atoms with Crippen LogP contribution in [0.2, 0.25) is 0 Å². The van der Waals surface area contributed by atoms with E-state index in [9.17, 15) is 4.79 Å². The van der Waals surface area contributed by atoms with Gasteiger partial charge in [-0.25, -0.2) is 4.98 Å². The molecule has 0 atom stereocenters. The van der Waals surface area contributed by atoms with Crippen molar-refractivity contribution in [1.82, 2.24) is 9.55 Å². The lowest BCUT2D eigenvalue weighted by molar-refractivity contribution is 0.626. The zero-order valence-corrected chi connectivity index (χ0v) is 18.9. The third-order valence-corrected chi connectivity index (χ3v) is 7.91. The van der Waals surface area contributed by atoms with E-state index in [0.717, 1.165) is 39.7 Å². The van der Waals surface area contributed by atoms with Crippen molar-refractivity contribution in [2.75, 3.05) is 5.75 Å². The van der Waals surface area contributed by atoms with Crippen molar-refractivity contribution < 1.29 is 0 Å². The van der Waals surface area contributed by atoms with E-state index in [1.165, 1.54) is 61.8 Å². The lowest BCUT2D eigenvalue weighted by Gasteiger charge is -2.13. The lowest BCUT2D eigenvalue weighted by Crippen LogP contribution is -2.22. The second-order valence-electron chi connectivity index (χ2n) is 7.88. The molecule has 0 unspecified atom stereocenters. The molecule has 0 saturated heterocycles. The molecule has 1 aliphatic rings. The van der Waals surface area contributed by atoms with E-state index in [1.807, 2.05) is 34.9 Å². The number of aromatic nitrogens is 2. The highest BCUT2D eigenvalue weighted by atomic mass is 32.2. The maximum absolute atomic E-state index is 13.6. The Labute approximate surface area is 181 Å². The number of hydrogen-bond acceptors (Lipinski definition) is 4. The van der Waals surface area contributed by atoms with Crippen molar-refractivity contribution >= 4 is 33.3 Å². The van der Waals surface area contributed by atoms with Gasteiger partial charge in [0.2, 0.25) is 0 Å². The molecule has 0 spiro atoms. The molecule has 0 fully saturated rings. The third kappa shape index (κ3) is 4.61. The zero-order chi connectivity index (χ0) is 20.1. The first-order valence-corrected chi connectivity index (χ1v) is 12.9. The van der Waals surface area contributed by atoms with E-state index in [2.05, 4.69) is 6.92 Å². The molecular formula is C24H30N2OS2. The number of nitrogens with zero attached hydrogens (tertiary/aromatic N) is 2. The molecule has 2 heterocycles. The van der Waals surface area contributed by atoms with Gasteiger partial charge in [0.25, 0.3) is 5.56 Å². The van der Waals surface area contributed by atoms with Crippen LogP contribution in [0.1, 0.15) is 68.7 Å². The van der Waals surface area contributed by atoms with E-state index < -0.39 is 0 Å². The van der Waals surface area contributed by atoms with E-state index in [0.29, 0.717) is 0 Å². The molecule has 1 aliphatic carbocycles. The average molecular weight is 427 g/mol. The molecule has 0 bridgehead atoms. The Morgan fingerprint density at radius 3 is 2.62 bits per heavy atom. The Hall–Kier alpha value is -1.59. The molecule has 5 heteroatoms. The highest BCUT2D eigenvalue weighted by molar-refractivity contribution is 7.99. The van der Waals surface area contributed by atoms with E-state index >= 15 is 0 Å². The van der Waals surface area contributed by atoms with Gasteiger partial charge in [0.15, 0.2) is 5.16 Å². The van der Waals surface area contributed by atoms with Gasteiger partial charge in [-0.3, -0.25) is 9.36 Å². The van der Waals surface area contributed by atoms with Crippen molar-refractivity contribution in [3.8, 4) is 5.69 Å². The van der Waals surface area contributed by atoms with Crippen molar-refractivity contribution in [2.45, 2.75) is 76.3 Å². The number of thiophene rings is 1. The fourth-order valence-corrected chi connectivity index (χ4v) is 6.45. The van der Waals surface area contributed by atoms with E-state index in [4.69, 9.17) is 4.98 Å². The van der Waals surface area contributed by atoms with E-state index in [1.54, 1.807) is 23.1 Å². The molecule has 29 heavy (non-hydrogen) atoms. The highest BCUT2D eigenvalue weighted by Crippen LogP contribution is 2.35. The van der Waals surface area contributed by atoms with Crippen LogP contribution in [0.15, 0.2) is 40.3 Å². The van der Waals surface area contributed by atoms with Crippen LogP contribution >= 0.6 is 23.1 Å². The van der Waals surface area contributed by atoms with Gasteiger partial charge < -0.3 is 0 Å². The van der Waals surface area contributed by atoms with Crippen molar-refractivity contribution in [2.24, 2.45) is 0 Å². The normalized spacial score (nSPS) is 13.7. The third-order valence-electron chi connectivity index (χ3n) is 5.70. The molecular weight excluding hydrogens is 396 g/mol. The molecule has 0 aliphatic heterocycles. The van der Waals surface area contributed by atoms with Gasteiger partial charge in [0.1, 0.15) is 4.83 Å². The summed E-state index contributed by atoms with van der Waals surface area (Å²) in [7, 11) is 0. The Kier molecular flexibility index (Phi) is 7.09. The summed E-state index contributed by atoms with van der Waals surface area (Å²) in [4.78, 5) is 20.9. The second kappa shape index (κ2) is 9.94. The number of para-hydroxylation sites is 1. The van der Waals surface area contributed by atoms with Crippen LogP contribution in [0.25, 0.3) is 15.9 Å². The van der Waals surface area contributed by atoms with Crippen LogP contribution in [-0.4, -0.2) is 15.3 Å². The molecule has 0 amide bonds. The molecule has 3 nitrogen and oxygen atoms in total. The maximum Gasteiger partial charge on any atom is 0.267 e. The molecule has 1 aromatic carbocycles. The van der Waals surface area contributed by atoms with Crippen molar-refractivity contribution in [1.29, 1.82) is 0 Å². The largest absolute Gasteiger partial charge is 0.268 e. The Morgan fingerprint density at radius 1 is 1.03 bits per heavy atom. The number of aryl methyl sites for hydroxylation is 2. The molecule has 4 rings (SSSR count). The van der Waals surface area contributed by atoms with Gasteiger partial charge in [-0.05, 0) is 49.8 Å². The van der Waals surface area contributed by atoms with Crippen molar-refractivity contribution in [3.05, 3.63) is 51.1 Å². The monoisotopic (exact) mass is 426 g/mol. The molecule has 0 radical (unpaired) electrons. The first-order valence-electron chi connectivity index (χ1n) is 11.0. The minimum absolute atomic E-state index is 0.117. The topological polar surface area (TPSA) is 34.9 Å². The number of unbranched alkanes of at least 4 members (excludes halogenated alkanes) is 5. The second-order valence-corrected chi connectivity index (χ2v) is 10.0. The predicted octanol–water partition coefficient (Wildman–Crippen LogP) is 6.78. The minimum Gasteiger partial charge on any atom is -0.268 e. The van der Waals surface area contributed by atoms with Gasteiger partial charge in [-0.1, -0.05) is 69.0 Å². The summed E-state index contributed by atoms with van der Waals surface area (Å²) in [6.07, 6.45) is 12.2. The van der Waals surface area contributed by atoms with E-state index in [-0.39, 0.29) is 5.56 Å². The summed E-state index contributed by atoms with van der Waals surface area (Å²) in [6, 6.07) is 10.0. The molecule has 2 aromatic heterocycles. The average Bonchev–Trinajstić information content (AvgIpc) is 3.12. The number of fused-ring (bicyclic) bond motifs is 3. The van der Waals surface area contributed by atoms with Crippen LogP contribution < -0.4 is 5.56 Å². The summed E-state index contributed by atoms with van der Waals surface area (Å²) in [5, 5.41) is 1.72. The standard InChI is InChI=1S/C24H30N2OS2/c1-2-3-4-5-6-12-17-28-24-25-22-21(19-15-10-11-16-20(19)29-22)23(27)26(24)18-13-8-7-9-14-18/h7-9,13-14H,2-6,10-12,15-17H2,1H3. The summed E-state index contributed by atoms with van der Waals surface area (Å²) >= 11 is 3.49. The number of rotatable bonds is 9. The van der Waals surface area contributed by atoms with Gasteiger partial charge in [-0.15, -0.1) is 11.3 Å². The smallest absolute Gasteiger partial charge is 0.267 e. The SMILES string of the molecule is CCCCCCCCSc1nc2sc3c(c2c(=O)n1-c1ccccc1)CCCC3. The summed E-state index contributed by atoms with van der Waals surface area (Å²) in [5.74, 6) is 1.02. The van der Waals surface area contributed by atoms with Gasteiger partial charge >= 0.3 is 0 Å². The van der Waals surface area contributed by atoms with Crippen LogP contribution in [0.5, 0.6) is 0 Å². The Balaban J connectivity index is 1.64. The fourth-order valence-electron chi connectivity index (χ4n) is 4.13. The maximum atomic E-state index is 13.6.